The molecule has 2 amide bonds. The highest BCUT2D eigenvalue weighted by atomic mass is 32.2. The summed E-state index contributed by atoms with van der Waals surface area (Å²) in [4.78, 5) is 27.6. The van der Waals surface area contributed by atoms with Gasteiger partial charge in [-0.25, -0.2) is 4.68 Å². The average Bonchev–Trinajstić information content (AvgIpc) is 3.17. The molecule has 1 aromatic heterocycles. The lowest BCUT2D eigenvalue weighted by molar-refractivity contribution is -0.131. The minimum absolute atomic E-state index is 0.0699. The third-order valence-corrected chi connectivity index (χ3v) is 5.84. The molecule has 3 aromatic rings. The Hall–Kier alpha value is -3.06. The normalized spacial score (nSPS) is 15.6. The number of hydrogen-bond acceptors (Lipinski definition) is 4. The third kappa shape index (κ3) is 3.94. The summed E-state index contributed by atoms with van der Waals surface area (Å²) in [6.07, 6.45) is 3.83. The Labute approximate surface area is 167 Å². The van der Waals surface area contributed by atoms with Crippen LogP contribution < -0.4 is 5.32 Å². The number of thioether (sulfide) groups is 1. The Kier molecular flexibility index (Phi) is 5.16. The number of benzene rings is 2. The van der Waals surface area contributed by atoms with Crippen molar-refractivity contribution in [3.63, 3.8) is 0 Å². The number of amides is 2. The van der Waals surface area contributed by atoms with Gasteiger partial charge in [-0.05, 0) is 24.3 Å². The van der Waals surface area contributed by atoms with Crippen LogP contribution in [-0.4, -0.2) is 38.8 Å². The van der Waals surface area contributed by atoms with Gasteiger partial charge >= 0.3 is 0 Å². The lowest BCUT2D eigenvalue weighted by Gasteiger charge is -2.25. The summed E-state index contributed by atoms with van der Waals surface area (Å²) in [6.45, 7) is 0.446. The molecule has 0 radical (unpaired) electrons. The monoisotopic (exact) mass is 392 g/mol. The molecule has 7 heteroatoms. The summed E-state index contributed by atoms with van der Waals surface area (Å²) in [5, 5.41) is 6.82. The van der Waals surface area contributed by atoms with Crippen molar-refractivity contribution in [3.05, 3.63) is 72.6 Å². The SMILES string of the molecule is CN(Cc1cnn(-c2ccccc2)c1)C(=O)CC1Sc2ccccc2NC1=O. The highest BCUT2D eigenvalue weighted by Crippen LogP contribution is 2.36. The number of fused-ring (bicyclic) bond motifs is 1. The van der Waals surface area contributed by atoms with Gasteiger partial charge in [-0.15, -0.1) is 11.8 Å². The van der Waals surface area contributed by atoms with Crippen LogP contribution in [0, 0.1) is 0 Å². The van der Waals surface area contributed by atoms with Crippen molar-refractivity contribution in [1.82, 2.24) is 14.7 Å². The molecule has 0 bridgehead atoms. The smallest absolute Gasteiger partial charge is 0.238 e. The summed E-state index contributed by atoms with van der Waals surface area (Å²) >= 11 is 1.44. The number of rotatable bonds is 5. The highest BCUT2D eigenvalue weighted by Gasteiger charge is 2.29. The van der Waals surface area contributed by atoms with E-state index in [-0.39, 0.29) is 18.2 Å². The minimum atomic E-state index is -0.420. The van der Waals surface area contributed by atoms with Crippen LogP contribution in [0.4, 0.5) is 5.69 Å². The third-order valence-electron chi connectivity index (χ3n) is 4.57. The molecule has 0 saturated carbocycles. The molecule has 1 unspecified atom stereocenters. The fourth-order valence-corrected chi connectivity index (χ4v) is 4.17. The molecular weight excluding hydrogens is 372 g/mol. The van der Waals surface area contributed by atoms with Gasteiger partial charge in [-0.3, -0.25) is 9.59 Å². The largest absolute Gasteiger partial charge is 0.341 e. The molecule has 142 valence electrons. The lowest BCUT2D eigenvalue weighted by Crippen LogP contribution is -2.35. The highest BCUT2D eigenvalue weighted by molar-refractivity contribution is 8.01. The first-order valence-electron chi connectivity index (χ1n) is 8.99. The topological polar surface area (TPSA) is 67.2 Å². The predicted octanol–water partition coefficient (Wildman–Crippen LogP) is 3.33. The first-order chi connectivity index (χ1) is 13.6. The van der Waals surface area contributed by atoms with Gasteiger partial charge in [0.25, 0.3) is 0 Å². The van der Waals surface area contributed by atoms with Crippen LogP contribution in [0.2, 0.25) is 0 Å². The second kappa shape index (κ2) is 7.90. The van der Waals surface area contributed by atoms with E-state index < -0.39 is 5.25 Å². The second-order valence-electron chi connectivity index (χ2n) is 6.67. The fraction of sp³-hybridized carbons (Fsp3) is 0.190. The quantitative estimate of drug-likeness (QED) is 0.723. The van der Waals surface area contributed by atoms with Crippen LogP contribution in [-0.2, 0) is 16.1 Å². The summed E-state index contributed by atoms with van der Waals surface area (Å²) < 4.78 is 1.79. The summed E-state index contributed by atoms with van der Waals surface area (Å²) in [5.41, 5.74) is 2.71. The number of hydrogen-bond donors (Lipinski definition) is 1. The van der Waals surface area contributed by atoms with E-state index in [4.69, 9.17) is 0 Å². The number of carbonyl (C=O) groups excluding carboxylic acids is 2. The Balaban J connectivity index is 1.38. The van der Waals surface area contributed by atoms with Gasteiger partial charge in [0.05, 0.1) is 22.8 Å². The van der Waals surface area contributed by atoms with E-state index in [9.17, 15) is 9.59 Å². The van der Waals surface area contributed by atoms with Crippen LogP contribution >= 0.6 is 11.8 Å². The zero-order valence-electron chi connectivity index (χ0n) is 15.4. The van der Waals surface area contributed by atoms with Gasteiger partial charge in [0.15, 0.2) is 0 Å². The van der Waals surface area contributed by atoms with E-state index in [0.29, 0.717) is 6.54 Å². The van der Waals surface area contributed by atoms with Crippen molar-refractivity contribution in [3.8, 4) is 5.69 Å². The van der Waals surface area contributed by atoms with E-state index in [0.717, 1.165) is 21.8 Å². The Bertz CT molecular complexity index is 1000. The van der Waals surface area contributed by atoms with Crippen molar-refractivity contribution in [2.45, 2.75) is 23.1 Å². The van der Waals surface area contributed by atoms with Crippen molar-refractivity contribution in [1.29, 1.82) is 0 Å². The number of nitrogens with one attached hydrogen (secondary N) is 1. The van der Waals surface area contributed by atoms with Gasteiger partial charge in [0.2, 0.25) is 11.8 Å². The van der Waals surface area contributed by atoms with Crippen LogP contribution in [0.25, 0.3) is 5.69 Å². The van der Waals surface area contributed by atoms with Crippen LogP contribution in [0.3, 0.4) is 0 Å². The van der Waals surface area contributed by atoms with E-state index >= 15 is 0 Å². The number of carbonyl (C=O) groups is 2. The van der Waals surface area contributed by atoms with Crippen LogP contribution in [0.15, 0.2) is 71.9 Å². The molecule has 6 nitrogen and oxygen atoms in total. The fourth-order valence-electron chi connectivity index (χ4n) is 3.07. The summed E-state index contributed by atoms with van der Waals surface area (Å²) in [5.74, 6) is -0.193. The van der Waals surface area contributed by atoms with Gasteiger partial charge < -0.3 is 10.2 Å². The van der Waals surface area contributed by atoms with E-state index in [1.165, 1.54) is 11.8 Å². The molecule has 4 rings (SSSR count). The molecular formula is C21H20N4O2S. The number of para-hydroxylation sites is 2. The molecule has 0 aliphatic carbocycles. The van der Waals surface area contributed by atoms with E-state index in [2.05, 4.69) is 10.4 Å². The van der Waals surface area contributed by atoms with Crippen molar-refractivity contribution < 1.29 is 9.59 Å². The van der Waals surface area contributed by atoms with Crippen molar-refractivity contribution in [2.75, 3.05) is 12.4 Å². The molecule has 1 aliphatic rings. The van der Waals surface area contributed by atoms with Crippen molar-refractivity contribution >= 4 is 29.3 Å². The van der Waals surface area contributed by atoms with Gasteiger partial charge in [0, 0.05) is 36.7 Å². The standard InChI is InChI=1S/C21H20N4O2S/c1-24(13-15-12-22-25(14-15)16-7-3-2-4-8-16)20(26)11-19-21(27)23-17-9-5-6-10-18(17)28-19/h2-10,12,14,19H,11,13H2,1H3,(H,23,27). The molecule has 28 heavy (non-hydrogen) atoms. The summed E-state index contributed by atoms with van der Waals surface area (Å²) in [7, 11) is 1.75. The molecule has 0 saturated heterocycles. The maximum absolute atomic E-state index is 12.7. The molecule has 1 N–H and O–H groups in total. The summed E-state index contributed by atoms with van der Waals surface area (Å²) in [6, 6.07) is 17.5. The number of aromatic nitrogens is 2. The molecule has 2 heterocycles. The zero-order valence-corrected chi connectivity index (χ0v) is 16.2. The first-order valence-corrected chi connectivity index (χ1v) is 9.87. The van der Waals surface area contributed by atoms with E-state index in [1.807, 2.05) is 60.8 Å². The van der Waals surface area contributed by atoms with Crippen LogP contribution in [0.1, 0.15) is 12.0 Å². The van der Waals surface area contributed by atoms with Gasteiger partial charge in [0.1, 0.15) is 0 Å². The zero-order chi connectivity index (χ0) is 19.5. The van der Waals surface area contributed by atoms with E-state index in [1.54, 1.807) is 22.8 Å². The first kappa shape index (κ1) is 18.3. The Morgan fingerprint density at radius 2 is 1.93 bits per heavy atom. The lowest BCUT2D eigenvalue weighted by atomic mass is 10.2. The predicted molar refractivity (Wildman–Crippen MR) is 109 cm³/mol. The van der Waals surface area contributed by atoms with Crippen molar-refractivity contribution in [2.24, 2.45) is 0 Å². The molecule has 0 fully saturated rings. The molecule has 1 atom stereocenters. The number of nitrogens with zero attached hydrogens (tertiary/aromatic N) is 3. The Morgan fingerprint density at radius 1 is 1.18 bits per heavy atom. The maximum atomic E-state index is 12.7. The average molecular weight is 392 g/mol. The molecule has 2 aromatic carbocycles. The van der Waals surface area contributed by atoms with Crippen LogP contribution in [0.5, 0.6) is 0 Å². The molecule has 0 spiro atoms. The maximum Gasteiger partial charge on any atom is 0.238 e. The number of anilines is 1. The van der Waals surface area contributed by atoms with Gasteiger partial charge in [-0.1, -0.05) is 30.3 Å². The Morgan fingerprint density at radius 3 is 2.75 bits per heavy atom. The minimum Gasteiger partial charge on any atom is -0.341 e. The second-order valence-corrected chi connectivity index (χ2v) is 7.92. The van der Waals surface area contributed by atoms with Gasteiger partial charge in [-0.2, -0.15) is 5.10 Å². The molecule has 1 aliphatic heterocycles.